The lowest BCUT2D eigenvalue weighted by Gasteiger charge is -2.07. The molecule has 0 saturated heterocycles. The highest BCUT2D eigenvalue weighted by molar-refractivity contribution is 6.09. The van der Waals surface area contributed by atoms with Gasteiger partial charge in [0.25, 0.3) is 0 Å². The minimum absolute atomic E-state index is 0.833. The second kappa shape index (κ2) is 5.67. The fourth-order valence-corrected chi connectivity index (χ4v) is 4.32. The molecule has 0 bridgehead atoms. The summed E-state index contributed by atoms with van der Waals surface area (Å²) < 4.78 is 0. The summed E-state index contributed by atoms with van der Waals surface area (Å²) in [5.41, 5.74) is 6.94. The van der Waals surface area contributed by atoms with Gasteiger partial charge < -0.3 is 0 Å². The molecule has 2 heterocycles. The predicted octanol–water partition coefficient (Wildman–Crippen LogP) is 6.19. The zero-order valence-corrected chi connectivity index (χ0v) is 15.9. The Morgan fingerprint density at radius 3 is 1.30 bits per heavy atom. The number of benzene rings is 5. The summed E-state index contributed by atoms with van der Waals surface area (Å²) in [6.07, 6.45) is 0. The summed E-state index contributed by atoms with van der Waals surface area (Å²) in [5.74, 6) is 0. The van der Waals surface area contributed by atoms with Crippen molar-refractivity contribution in [1.29, 1.82) is 0 Å². The number of hydrogen-bond donors (Lipinski definition) is 0. The van der Waals surface area contributed by atoms with E-state index in [2.05, 4.69) is 36.4 Å². The second-order valence-corrected chi connectivity index (χ2v) is 7.59. The molecule has 0 radical (unpaired) electrons. The topological polar surface area (TPSA) is 51.6 Å². The predicted molar refractivity (Wildman–Crippen MR) is 123 cm³/mol. The van der Waals surface area contributed by atoms with Crippen molar-refractivity contribution in [3.63, 3.8) is 0 Å². The summed E-state index contributed by atoms with van der Waals surface area (Å²) in [6, 6.07) is 28.8. The van der Waals surface area contributed by atoms with Crippen molar-refractivity contribution in [3.05, 3.63) is 84.9 Å². The van der Waals surface area contributed by atoms with E-state index in [1.54, 1.807) is 0 Å². The first kappa shape index (κ1) is 15.7. The number of aromatic nitrogens is 4. The fraction of sp³-hybridized carbons (Fsp3) is 0. The molecule has 0 atom stereocenters. The van der Waals surface area contributed by atoms with Gasteiger partial charge in [0.15, 0.2) is 0 Å². The Labute approximate surface area is 170 Å². The van der Waals surface area contributed by atoms with Crippen LogP contribution in [0.25, 0.3) is 65.7 Å². The molecule has 0 saturated carbocycles. The van der Waals surface area contributed by atoms with Gasteiger partial charge in [-0.05, 0) is 35.0 Å². The molecular weight excluding hydrogens is 368 g/mol. The first-order valence-electron chi connectivity index (χ1n) is 9.92. The van der Waals surface area contributed by atoms with E-state index in [1.165, 1.54) is 0 Å². The number of hydrogen-bond acceptors (Lipinski definition) is 4. The maximum atomic E-state index is 4.96. The minimum atomic E-state index is 0.833. The van der Waals surface area contributed by atoms with Gasteiger partial charge in [-0.3, -0.25) is 0 Å². The van der Waals surface area contributed by atoms with Crippen LogP contribution in [0.1, 0.15) is 0 Å². The maximum absolute atomic E-state index is 4.96. The molecule has 2 aromatic heterocycles. The number of fused-ring (bicyclic) bond motifs is 8. The number of rotatable bonds is 0. The molecule has 7 aromatic rings. The summed E-state index contributed by atoms with van der Waals surface area (Å²) in [4.78, 5) is 19.7. The van der Waals surface area contributed by atoms with E-state index in [9.17, 15) is 0 Å². The Morgan fingerprint density at radius 2 is 0.800 bits per heavy atom. The van der Waals surface area contributed by atoms with Crippen LogP contribution >= 0.6 is 0 Å². The standard InChI is InChI=1S/C26H14N4/c1-3-7-17-15(5-1)9-11-19-25(17)29-23-13-22-24(14-21(23)27-19)30-26-18-8-4-2-6-16(18)10-12-20(26)28-22/h1-14H. The van der Waals surface area contributed by atoms with E-state index in [0.717, 1.165) is 65.7 Å². The van der Waals surface area contributed by atoms with Crippen molar-refractivity contribution in [3.8, 4) is 0 Å². The second-order valence-electron chi connectivity index (χ2n) is 7.59. The lowest BCUT2D eigenvalue weighted by Crippen LogP contribution is -1.93. The van der Waals surface area contributed by atoms with Gasteiger partial charge in [0, 0.05) is 10.8 Å². The van der Waals surface area contributed by atoms with Crippen molar-refractivity contribution in [2.24, 2.45) is 0 Å². The molecule has 0 N–H and O–H groups in total. The number of nitrogens with zero attached hydrogens (tertiary/aromatic N) is 4. The van der Waals surface area contributed by atoms with Gasteiger partial charge in [0.2, 0.25) is 0 Å². The monoisotopic (exact) mass is 382 g/mol. The highest BCUT2D eigenvalue weighted by atomic mass is 14.8. The third kappa shape index (κ3) is 2.16. The largest absolute Gasteiger partial charge is 0.244 e. The lowest BCUT2D eigenvalue weighted by atomic mass is 10.1. The van der Waals surface area contributed by atoms with Crippen molar-refractivity contribution in [2.45, 2.75) is 0 Å². The molecular formula is C26H14N4. The minimum Gasteiger partial charge on any atom is -0.244 e. The Bertz CT molecular complexity index is 1670. The van der Waals surface area contributed by atoms with Crippen LogP contribution in [0.5, 0.6) is 0 Å². The van der Waals surface area contributed by atoms with E-state index < -0.39 is 0 Å². The smallest absolute Gasteiger partial charge is 0.0972 e. The highest BCUT2D eigenvalue weighted by Gasteiger charge is 2.10. The summed E-state index contributed by atoms with van der Waals surface area (Å²) in [5, 5.41) is 4.55. The van der Waals surface area contributed by atoms with Crippen molar-refractivity contribution < 1.29 is 0 Å². The van der Waals surface area contributed by atoms with Crippen LogP contribution in [0.15, 0.2) is 84.9 Å². The summed E-state index contributed by atoms with van der Waals surface area (Å²) in [6.45, 7) is 0. The van der Waals surface area contributed by atoms with Gasteiger partial charge in [-0.25, -0.2) is 19.9 Å². The van der Waals surface area contributed by atoms with Gasteiger partial charge in [0.1, 0.15) is 0 Å². The van der Waals surface area contributed by atoms with Gasteiger partial charge >= 0.3 is 0 Å². The van der Waals surface area contributed by atoms with Crippen LogP contribution in [0.2, 0.25) is 0 Å². The Kier molecular flexibility index (Phi) is 2.97. The van der Waals surface area contributed by atoms with E-state index in [-0.39, 0.29) is 0 Å². The van der Waals surface area contributed by atoms with Gasteiger partial charge in [-0.1, -0.05) is 60.7 Å². The van der Waals surface area contributed by atoms with E-state index in [1.807, 2.05) is 48.5 Å². The Morgan fingerprint density at radius 1 is 0.367 bits per heavy atom. The molecule has 4 nitrogen and oxygen atoms in total. The molecule has 5 aromatic carbocycles. The molecule has 0 amide bonds. The molecule has 0 aliphatic rings. The zero-order valence-electron chi connectivity index (χ0n) is 15.9. The first-order valence-corrected chi connectivity index (χ1v) is 9.92. The van der Waals surface area contributed by atoms with Crippen LogP contribution in [0, 0.1) is 0 Å². The van der Waals surface area contributed by atoms with Crippen molar-refractivity contribution >= 4 is 65.7 Å². The molecule has 4 heteroatoms. The third-order valence-corrected chi connectivity index (χ3v) is 5.78. The van der Waals surface area contributed by atoms with Gasteiger partial charge in [0.05, 0.1) is 44.1 Å². The Hall–Kier alpha value is -4.18. The maximum Gasteiger partial charge on any atom is 0.0972 e. The molecule has 7 rings (SSSR count). The van der Waals surface area contributed by atoms with Crippen molar-refractivity contribution in [2.75, 3.05) is 0 Å². The van der Waals surface area contributed by atoms with Gasteiger partial charge in [-0.2, -0.15) is 0 Å². The molecule has 0 aliphatic carbocycles. The Balaban J connectivity index is 1.59. The van der Waals surface area contributed by atoms with Crippen LogP contribution < -0.4 is 0 Å². The summed E-state index contributed by atoms with van der Waals surface area (Å²) in [7, 11) is 0. The molecule has 138 valence electrons. The average molecular weight is 382 g/mol. The normalized spacial score (nSPS) is 12.0. The SMILES string of the molecule is c1ccc2c(c1)ccc1nc3cc4nc5c(ccc6ccccc65)nc4cc3nc12. The highest BCUT2D eigenvalue weighted by Crippen LogP contribution is 2.29. The fourth-order valence-electron chi connectivity index (χ4n) is 4.32. The van der Waals surface area contributed by atoms with E-state index in [0.29, 0.717) is 0 Å². The summed E-state index contributed by atoms with van der Waals surface area (Å²) >= 11 is 0. The van der Waals surface area contributed by atoms with E-state index in [4.69, 9.17) is 19.9 Å². The average Bonchev–Trinajstić information content (AvgIpc) is 2.80. The van der Waals surface area contributed by atoms with Crippen LogP contribution in [0.4, 0.5) is 0 Å². The van der Waals surface area contributed by atoms with E-state index >= 15 is 0 Å². The lowest BCUT2D eigenvalue weighted by molar-refractivity contribution is 1.38. The zero-order chi connectivity index (χ0) is 19.7. The van der Waals surface area contributed by atoms with Crippen molar-refractivity contribution in [1.82, 2.24) is 19.9 Å². The molecule has 0 fully saturated rings. The molecule has 0 unspecified atom stereocenters. The van der Waals surface area contributed by atoms with Crippen LogP contribution in [0.3, 0.4) is 0 Å². The van der Waals surface area contributed by atoms with Crippen LogP contribution in [-0.2, 0) is 0 Å². The molecule has 0 aliphatic heterocycles. The van der Waals surface area contributed by atoms with Gasteiger partial charge in [-0.15, -0.1) is 0 Å². The quantitative estimate of drug-likeness (QED) is 0.232. The molecule has 30 heavy (non-hydrogen) atoms. The van der Waals surface area contributed by atoms with Crippen LogP contribution in [-0.4, -0.2) is 19.9 Å². The molecule has 0 spiro atoms. The third-order valence-electron chi connectivity index (χ3n) is 5.78. The first-order chi connectivity index (χ1) is 14.8.